The van der Waals surface area contributed by atoms with E-state index in [-0.39, 0.29) is 6.04 Å². The fourth-order valence-corrected chi connectivity index (χ4v) is 2.89. The Kier molecular flexibility index (Phi) is 3.24. The standard InChI is InChI=1S/C13H22N2O/c1-9-8-14-7-6-12-4-5-13(11(3)16)15(12)10(9)2/h9,12-14,16H,2-8H2,1H3/t9-,12+,13-/m0/s1. The molecule has 2 rings (SSSR count). The molecule has 2 heterocycles. The molecule has 3 atom stereocenters. The van der Waals surface area contributed by atoms with E-state index in [1.807, 2.05) is 0 Å². The first-order valence-electron chi connectivity index (χ1n) is 6.17. The molecule has 2 aliphatic heterocycles. The minimum Gasteiger partial charge on any atom is -0.511 e. The quantitative estimate of drug-likeness (QED) is 0.666. The van der Waals surface area contributed by atoms with E-state index < -0.39 is 0 Å². The number of aliphatic hydroxyl groups excluding tert-OH is 1. The Balaban J connectivity index is 2.20. The predicted octanol–water partition coefficient (Wildman–Crippen LogP) is 2.03. The van der Waals surface area contributed by atoms with Crippen LogP contribution < -0.4 is 5.32 Å². The molecule has 2 fully saturated rings. The Morgan fingerprint density at radius 1 is 1.44 bits per heavy atom. The third-order valence-corrected chi connectivity index (χ3v) is 3.89. The number of nitrogens with zero attached hydrogens (tertiary/aromatic N) is 1. The largest absolute Gasteiger partial charge is 0.511 e. The highest BCUT2D eigenvalue weighted by molar-refractivity contribution is 5.14. The summed E-state index contributed by atoms with van der Waals surface area (Å²) in [7, 11) is 0. The zero-order valence-electron chi connectivity index (χ0n) is 10.1. The number of fused-ring (bicyclic) bond motifs is 1. The van der Waals surface area contributed by atoms with Gasteiger partial charge in [0.2, 0.25) is 0 Å². The van der Waals surface area contributed by atoms with Crippen LogP contribution in [0.4, 0.5) is 0 Å². The van der Waals surface area contributed by atoms with Crippen LogP contribution in [0.3, 0.4) is 0 Å². The smallest absolute Gasteiger partial charge is 0.108 e. The first-order chi connectivity index (χ1) is 7.61. The highest BCUT2D eigenvalue weighted by Crippen LogP contribution is 2.35. The molecule has 2 saturated heterocycles. The van der Waals surface area contributed by atoms with Gasteiger partial charge in [-0.1, -0.05) is 20.1 Å². The number of hydrogen-bond acceptors (Lipinski definition) is 3. The highest BCUT2D eigenvalue weighted by Gasteiger charge is 2.37. The Morgan fingerprint density at radius 3 is 2.88 bits per heavy atom. The summed E-state index contributed by atoms with van der Waals surface area (Å²) in [5.74, 6) is 0.729. The van der Waals surface area contributed by atoms with E-state index in [0.717, 1.165) is 38.0 Å². The van der Waals surface area contributed by atoms with Crippen molar-refractivity contribution >= 4 is 0 Å². The van der Waals surface area contributed by atoms with E-state index >= 15 is 0 Å². The molecular formula is C13H22N2O. The number of aliphatic hydroxyl groups is 1. The summed E-state index contributed by atoms with van der Waals surface area (Å²) in [5.41, 5.74) is 1.15. The van der Waals surface area contributed by atoms with Crippen LogP contribution >= 0.6 is 0 Å². The molecule has 3 heteroatoms. The maximum Gasteiger partial charge on any atom is 0.108 e. The zero-order valence-corrected chi connectivity index (χ0v) is 10.1. The SMILES string of the molecule is C=C(O)[C@@H]1CC[C@@H]2CCNC[C@H](C)C(=C)N21. The molecule has 2 N–H and O–H groups in total. The van der Waals surface area contributed by atoms with E-state index in [4.69, 9.17) is 0 Å². The summed E-state index contributed by atoms with van der Waals surface area (Å²) < 4.78 is 0. The fraction of sp³-hybridized carbons (Fsp3) is 0.692. The van der Waals surface area contributed by atoms with Gasteiger partial charge in [0.05, 0.1) is 6.04 Å². The molecule has 0 radical (unpaired) electrons. The van der Waals surface area contributed by atoms with Crippen LogP contribution in [0.1, 0.15) is 26.2 Å². The van der Waals surface area contributed by atoms with E-state index in [1.54, 1.807) is 0 Å². The molecule has 0 bridgehead atoms. The number of hydrogen-bond donors (Lipinski definition) is 2. The topological polar surface area (TPSA) is 35.5 Å². The second-order valence-electron chi connectivity index (χ2n) is 5.03. The molecular weight excluding hydrogens is 200 g/mol. The molecule has 0 spiro atoms. The van der Waals surface area contributed by atoms with Crippen molar-refractivity contribution in [3.63, 3.8) is 0 Å². The summed E-state index contributed by atoms with van der Waals surface area (Å²) in [4.78, 5) is 2.31. The van der Waals surface area contributed by atoms with E-state index in [1.165, 1.54) is 0 Å². The molecule has 0 unspecified atom stereocenters. The summed E-state index contributed by atoms with van der Waals surface area (Å²) in [6.45, 7) is 12.1. The maximum absolute atomic E-state index is 9.66. The molecule has 0 saturated carbocycles. The van der Waals surface area contributed by atoms with Crippen LogP contribution in [-0.4, -0.2) is 35.2 Å². The van der Waals surface area contributed by atoms with Crippen molar-refractivity contribution < 1.29 is 5.11 Å². The molecule has 16 heavy (non-hydrogen) atoms. The third kappa shape index (κ3) is 1.96. The lowest BCUT2D eigenvalue weighted by molar-refractivity contribution is 0.187. The van der Waals surface area contributed by atoms with Gasteiger partial charge in [0.25, 0.3) is 0 Å². The van der Waals surface area contributed by atoms with Crippen LogP contribution in [0, 0.1) is 5.92 Å². The predicted molar refractivity (Wildman–Crippen MR) is 66.2 cm³/mol. The summed E-state index contributed by atoms with van der Waals surface area (Å²) >= 11 is 0. The Bertz CT molecular complexity index is 300. The molecule has 90 valence electrons. The molecule has 2 aliphatic rings. The molecule has 0 amide bonds. The molecule has 0 aliphatic carbocycles. The Morgan fingerprint density at radius 2 is 2.19 bits per heavy atom. The van der Waals surface area contributed by atoms with E-state index in [9.17, 15) is 5.11 Å². The minimum absolute atomic E-state index is 0.0954. The average Bonchev–Trinajstić information content (AvgIpc) is 2.64. The third-order valence-electron chi connectivity index (χ3n) is 3.89. The maximum atomic E-state index is 9.66. The molecule has 3 nitrogen and oxygen atoms in total. The normalized spacial score (nSPS) is 35.4. The fourth-order valence-electron chi connectivity index (χ4n) is 2.89. The van der Waals surface area contributed by atoms with Crippen LogP contribution in [0.25, 0.3) is 0 Å². The van der Waals surface area contributed by atoms with Crippen molar-refractivity contribution in [2.24, 2.45) is 5.92 Å². The lowest BCUT2D eigenvalue weighted by atomic mass is 10.0. The average molecular weight is 222 g/mol. The van der Waals surface area contributed by atoms with Crippen molar-refractivity contribution in [2.45, 2.75) is 38.3 Å². The Labute approximate surface area is 97.8 Å². The second-order valence-corrected chi connectivity index (χ2v) is 5.03. The monoisotopic (exact) mass is 222 g/mol. The van der Waals surface area contributed by atoms with Crippen LogP contribution in [0.5, 0.6) is 0 Å². The van der Waals surface area contributed by atoms with Crippen molar-refractivity contribution in [3.05, 3.63) is 24.6 Å². The highest BCUT2D eigenvalue weighted by atomic mass is 16.3. The van der Waals surface area contributed by atoms with Crippen LogP contribution in [0.2, 0.25) is 0 Å². The van der Waals surface area contributed by atoms with Gasteiger partial charge in [-0.3, -0.25) is 0 Å². The zero-order chi connectivity index (χ0) is 11.7. The van der Waals surface area contributed by atoms with Gasteiger partial charge in [-0.05, 0) is 25.8 Å². The van der Waals surface area contributed by atoms with Crippen LogP contribution in [-0.2, 0) is 0 Å². The van der Waals surface area contributed by atoms with E-state index in [0.29, 0.717) is 17.7 Å². The Hall–Kier alpha value is -0.960. The van der Waals surface area contributed by atoms with Gasteiger partial charge in [-0.25, -0.2) is 0 Å². The molecule has 0 aromatic rings. The van der Waals surface area contributed by atoms with Gasteiger partial charge < -0.3 is 15.3 Å². The lowest BCUT2D eigenvalue weighted by Gasteiger charge is -2.38. The number of nitrogens with one attached hydrogen (secondary N) is 1. The van der Waals surface area contributed by atoms with Gasteiger partial charge >= 0.3 is 0 Å². The number of rotatable bonds is 1. The lowest BCUT2D eigenvalue weighted by Crippen LogP contribution is -2.43. The summed E-state index contributed by atoms with van der Waals surface area (Å²) in [6, 6.07) is 0.620. The first kappa shape index (κ1) is 11.5. The van der Waals surface area contributed by atoms with Gasteiger partial charge in [0, 0.05) is 24.2 Å². The second kappa shape index (κ2) is 4.50. The van der Waals surface area contributed by atoms with Crippen molar-refractivity contribution in [1.29, 1.82) is 0 Å². The van der Waals surface area contributed by atoms with Crippen LogP contribution in [0.15, 0.2) is 24.6 Å². The van der Waals surface area contributed by atoms with Gasteiger partial charge in [0.15, 0.2) is 0 Å². The summed E-state index contributed by atoms with van der Waals surface area (Å²) in [5, 5.41) is 13.1. The minimum atomic E-state index is 0.0954. The summed E-state index contributed by atoms with van der Waals surface area (Å²) in [6.07, 6.45) is 3.28. The molecule has 0 aromatic heterocycles. The van der Waals surface area contributed by atoms with Gasteiger partial charge in [-0.15, -0.1) is 0 Å². The van der Waals surface area contributed by atoms with Crippen molar-refractivity contribution in [2.75, 3.05) is 13.1 Å². The van der Waals surface area contributed by atoms with Gasteiger partial charge in [0.1, 0.15) is 5.76 Å². The van der Waals surface area contributed by atoms with Crippen molar-refractivity contribution in [1.82, 2.24) is 10.2 Å². The van der Waals surface area contributed by atoms with Gasteiger partial charge in [-0.2, -0.15) is 0 Å². The van der Waals surface area contributed by atoms with E-state index in [2.05, 4.69) is 30.3 Å². The van der Waals surface area contributed by atoms with Crippen molar-refractivity contribution in [3.8, 4) is 0 Å². The molecule has 0 aromatic carbocycles. The first-order valence-corrected chi connectivity index (χ1v) is 6.17.